The minimum atomic E-state index is -0.116. The first kappa shape index (κ1) is 18.6. The fraction of sp³-hybridized carbons (Fsp3) is 0.125. The zero-order valence-corrected chi connectivity index (χ0v) is 16.2. The van der Waals surface area contributed by atoms with Crippen LogP contribution in [0.1, 0.15) is 5.56 Å². The Bertz CT molecular complexity index is 1210. The summed E-state index contributed by atoms with van der Waals surface area (Å²) in [6, 6.07) is 20.3. The van der Waals surface area contributed by atoms with Gasteiger partial charge in [-0.2, -0.15) is 0 Å². The largest absolute Gasteiger partial charge is 0.497 e. The van der Waals surface area contributed by atoms with E-state index in [0.717, 1.165) is 11.3 Å². The maximum absolute atomic E-state index is 13.0. The molecule has 0 spiro atoms. The highest BCUT2D eigenvalue weighted by atomic mass is 16.5. The van der Waals surface area contributed by atoms with Gasteiger partial charge in [0, 0.05) is 11.6 Å². The third-order valence-corrected chi connectivity index (χ3v) is 4.68. The van der Waals surface area contributed by atoms with E-state index in [1.807, 2.05) is 48.5 Å². The van der Waals surface area contributed by atoms with Gasteiger partial charge in [0.05, 0.1) is 25.2 Å². The number of hydrogen-bond donors (Lipinski definition) is 0. The van der Waals surface area contributed by atoms with Crippen molar-refractivity contribution >= 4 is 11.0 Å². The van der Waals surface area contributed by atoms with Crippen LogP contribution in [0.2, 0.25) is 0 Å². The van der Waals surface area contributed by atoms with E-state index in [0.29, 0.717) is 40.2 Å². The van der Waals surface area contributed by atoms with Crippen LogP contribution in [0.3, 0.4) is 0 Å². The summed E-state index contributed by atoms with van der Waals surface area (Å²) in [5.74, 6) is 2.02. The minimum absolute atomic E-state index is 0.116. The SMILES string of the molecule is COc1cccc(COc2ccc3c(=O)c(-c4ccccc4OC)coc3c2)c1. The Labute approximate surface area is 168 Å². The van der Waals surface area contributed by atoms with Gasteiger partial charge in [-0.05, 0) is 35.9 Å². The Balaban J connectivity index is 1.63. The molecule has 0 atom stereocenters. The molecule has 0 fully saturated rings. The maximum atomic E-state index is 13.0. The van der Waals surface area contributed by atoms with Gasteiger partial charge >= 0.3 is 0 Å². The third-order valence-electron chi connectivity index (χ3n) is 4.68. The molecule has 3 aromatic carbocycles. The minimum Gasteiger partial charge on any atom is -0.497 e. The molecule has 1 heterocycles. The smallest absolute Gasteiger partial charge is 0.200 e. The summed E-state index contributed by atoms with van der Waals surface area (Å²) in [7, 11) is 3.21. The van der Waals surface area contributed by atoms with E-state index in [-0.39, 0.29) is 5.43 Å². The molecule has 0 saturated heterocycles. The molecule has 0 unspecified atom stereocenters. The number of hydrogen-bond acceptors (Lipinski definition) is 5. The van der Waals surface area contributed by atoms with Crippen molar-refractivity contribution in [1.29, 1.82) is 0 Å². The highest BCUT2D eigenvalue weighted by Gasteiger charge is 2.13. The van der Waals surface area contributed by atoms with Crippen LogP contribution in [0.4, 0.5) is 0 Å². The van der Waals surface area contributed by atoms with Crippen LogP contribution >= 0.6 is 0 Å². The van der Waals surface area contributed by atoms with Gasteiger partial charge in [0.1, 0.15) is 35.7 Å². The van der Waals surface area contributed by atoms with Gasteiger partial charge in [0.2, 0.25) is 5.43 Å². The van der Waals surface area contributed by atoms with E-state index in [4.69, 9.17) is 18.6 Å². The zero-order chi connectivity index (χ0) is 20.2. The van der Waals surface area contributed by atoms with E-state index < -0.39 is 0 Å². The summed E-state index contributed by atoms with van der Waals surface area (Å²) in [5.41, 5.74) is 2.49. The number of para-hydroxylation sites is 1. The Morgan fingerprint density at radius 2 is 1.69 bits per heavy atom. The van der Waals surface area contributed by atoms with Gasteiger partial charge in [-0.25, -0.2) is 0 Å². The molecule has 5 heteroatoms. The molecule has 4 rings (SSSR count). The standard InChI is InChI=1S/C24H20O5/c1-26-17-7-5-6-16(12-17)14-28-18-10-11-20-23(13-18)29-15-21(24(20)25)19-8-3-4-9-22(19)27-2/h3-13,15H,14H2,1-2H3. The fourth-order valence-corrected chi connectivity index (χ4v) is 3.18. The molecule has 1 aromatic heterocycles. The van der Waals surface area contributed by atoms with Crippen molar-refractivity contribution in [1.82, 2.24) is 0 Å². The second kappa shape index (κ2) is 8.10. The summed E-state index contributed by atoms with van der Waals surface area (Å²) in [6.45, 7) is 0.381. The van der Waals surface area contributed by atoms with E-state index in [1.54, 1.807) is 32.4 Å². The van der Waals surface area contributed by atoms with Crippen LogP contribution in [-0.4, -0.2) is 14.2 Å². The van der Waals surface area contributed by atoms with E-state index in [1.165, 1.54) is 6.26 Å². The quantitative estimate of drug-likeness (QED) is 0.462. The van der Waals surface area contributed by atoms with Gasteiger partial charge in [-0.15, -0.1) is 0 Å². The number of ether oxygens (including phenoxy) is 3. The monoisotopic (exact) mass is 388 g/mol. The number of benzene rings is 3. The first-order valence-corrected chi connectivity index (χ1v) is 9.14. The molecular formula is C24H20O5. The van der Waals surface area contributed by atoms with Gasteiger partial charge < -0.3 is 18.6 Å². The first-order valence-electron chi connectivity index (χ1n) is 9.14. The average molecular weight is 388 g/mol. The number of methoxy groups -OCH3 is 2. The number of rotatable bonds is 6. The Morgan fingerprint density at radius 3 is 2.52 bits per heavy atom. The summed E-state index contributed by atoms with van der Waals surface area (Å²) >= 11 is 0. The van der Waals surface area contributed by atoms with Gasteiger partial charge in [-0.1, -0.05) is 30.3 Å². The molecule has 5 nitrogen and oxygen atoms in total. The van der Waals surface area contributed by atoms with Crippen LogP contribution < -0.4 is 19.6 Å². The Kier molecular flexibility index (Phi) is 5.20. The van der Waals surface area contributed by atoms with E-state index in [9.17, 15) is 4.79 Å². The Morgan fingerprint density at radius 1 is 0.828 bits per heavy atom. The van der Waals surface area contributed by atoms with Crippen LogP contribution in [0.15, 0.2) is 82.2 Å². The van der Waals surface area contributed by atoms with E-state index in [2.05, 4.69) is 0 Å². The predicted molar refractivity (Wildman–Crippen MR) is 112 cm³/mol. The van der Waals surface area contributed by atoms with Gasteiger partial charge in [0.15, 0.2) is 0 Å². The summed E-state index contributed by atoms with van der Waals surface area (Å²) in [5, 5.41) is 0.488. The fourth-order valence-electron chi connectivity index (χ4n) is 3.18. The molecule has 0 bridgehead atoms. The summed E-state index contributed by atoms with van der Waals surface area (Å²) in [4.78, 5) is 13.0. The Hall–Kier alpha value is -3.73. The van der Waals surface area contributed by atoms with Crippen molar-refractivity contribution in [3.63, 3.8) is 0 Å². The highest BCUT2D eigenvalue weighted by Crippen LogP contribution is 2.29. The predicted octanol–water partition coefficient (Wildman–Crippen LogP) is 5.06. The molecule has 0 aliphatic carbocycles. The highest BCUT2D eigenvalue weighted by molar-refractivity contribution is 5.83. The third kappa shape index (κ3) is 3.80. The summed E-state index contributed by atoms with van der Waals surface area (Å²) < 4.78 is 22.2. The first-order chi connectivity index (χ1) is 14.2. The van der Waals surface area contributed by atoms with Crippen molar-refractivity contribution in [3.8, 4) is 28.4 Å². The lowest BCUT2D eigenvalue weighted by Gasteiger charge is -2.10. The van der Waals surface area contributed by atoms with Crippen LogP contribution in [0.5, 0.6) is 17.2 Å². The second-order valence-corrected chi connectivity index (χ2v) is 6.48. The molecule has 0 aliphatic rings. The zero-order valence-electron chi connectivity index (χ0n) is 16.2. The van der Waals surface area contributed by atoms with Crippen molar-refractivity contribution in [3.05, 3.63) is 88.8 Å². The molecule has 0 saturated carbocycles. The molecular weight excluding hydrogens is 368 g/mol. The normalized spacial score (nSPS) is 10.7. The van der Waals surface area contributed by atoms with Crippen molar-refractivity contribution in [2.75, 3.05) is 14.2 Å². The number of fused-ring (bicyclic) bond motifs is 1. The second-order valence-electron chi connectivity index (χ2n) is 6.48. The summed E-state index contributed by atoms with van der Waals surface area (Å²) in [6.07, 6.45) is 1.47. The maximum Gasteiger partial charge on any atom is 0.200 e. The van der Waals surface area contributed by atoms with Crippen molar-refractivity contribution < 1.29 is 18.6 Å². The molecule has 0 radical (unpaired) electrons. The lowest BCUT2D eigenvalue weighted by Crippen LogP contribution is -2.06. The molecule has 0 aliphatic heterocycles. The molecule has 0 N–H and O–H groups in total. The molecule has 29 heavy (non-hydrogen) atoms. The molecule has 0 amide bonds. The van der Waals surface area contributed by atoms with Gasteiger partial charge in [0.25, 0.3) is 0 Å². The average Bonchev–Trinajstić information content (AvgIpc) is 2.78. The van der Waals surface area contributed by atoms with E-state index >= 15 is 0 Å². The lowest BCUT2D eigenvalue weighted by atomic mass is 10.0. The van der Waals surface area contributed by atoms with Crippen LogP contribution in [-0.2, 0) is 6.61 Å². The molecule has 146 valence electrons. The molecule has 4 aromatic rings. The topological polar surface area (TPSA) is 57.9 Å². The lowest BCUT2D eigenvalue weighted by molar-refractivity contribution is 0.305. The van der Waals surface area contributed by atoms with Crippen LogP contribution in [0, 0.1) is 0 Å². The van der Waals surface area contributed by atoms with Crippen molar-refractivity contribution in [2.45, 2.75) is 6.61 Å². The van der Waals surface area contributed by atoms with Crippen molar-refractivity contribution in [2.24, 2.45) is 0 Å². The van der Waals surface area contributed by atoms with Crippen LogP contribution in [0.25, 0.3) is 22.1 Å². The van der Waals surface area contributed by atoms with Gasteiger partial charge in [-0.3, -0.25) is 4.79 Å².